The number of benzene rings is 2. The van der Waals surface area contributed by atoms with Gasteiger partial charge in [0.05, 0.1) is 0 Å². The number of hydrogen-bond donors (Lipinski definition) is 1. The molecule has 1 unspecified atom stereocenters. The standard InChI is InChI=1S/C19H23NO/c1-3-10-19(18-13-8-5-9-14-18)21-20-16(2)15-17-11-6-4-7-12-17/h4-9,11-15,19-20H,3,10H2,1-2H3/b16-15+. The number of allylic oxidation sites excluding steroid dienone is 1. The first-order valence-corrected chi connectivity index (χ1v) is 7.49. The maximum atomic E-state index is 5.88. The molecule has 0 fully saturated rings. The van der Waals surface area contributed by atoms with Crippen molar-refractivity contribution >= 4 is 6.08 Å². The van der Waals surface area contributed by atoms with E-state index >= 15 is 0 Å². The van der Waals surface area contributed by atoms with E-state index in [9.17, 15) is 0 Å². The van der Waals surface area contributed by atoms with Gasteiger partial charge in [-0.25, -0.2) is 0 Å². The Bertz CT molecular complexity index is 548. The quantitative estimate of drug-likeness (QED) is 0.712. The zero-order valence-electron chi connectivity index (χ0n) is 12.8. The van der Waals surface area contributed by atoms with Crippen LogP contribution in [0.1, 0.15) is 43.9 Å². The highest BCUT2D eigenvalue weighted by molar-refractivity contribution is 5.51. The second-order valence-corrected chi connectivity index (χ2v) is 5.15. The molecule has 0 saturated carbocycles. The van der Waals surface area contributed by atoms with Crippen molar-refractivity contribution in [3.8, 4) is 0 Å². The second-order valence-electron chi connectivity index (χ2n) is 5.15. The molecule has 0 bridgehead atoms. The Morgan fingerprint density at radius 3 is 2.29 bits per heavy atom. The Hall–Kier alpha value is -2.06. The smallest absolute Gasteiger partial charge is 0.110 e. The highest BCUT2D eigenvalue weighted by atomic mass is 16.7. The Morgan fingerprint density at radius 1 is 1.05 bits per heavy atom. The van der Waals surface area contributed by atoms with E-state index < -0.39 is 0 Å². The normalized spacial score (nSPS) is 13.0. The summed E-state index contributed by atoms with van der Waals surface area (Å²) in [5.41, 5.74) is 6.45. The third-order valence-corrected chi connectivity index (χ3v) is 3.27. The highest BCUT2D eigenvalue weighted by Crippen LogP contribution is 2.21. The van der Waals surface area contributed by atoms with Gasteiger partial charge in [-0.15, -0.1) is 0 Å². The van der Waals surface area contributed by atoms with Crippen molar-refractivity contribution in [3.63, 3.8) is 0 Å². The van der Waals surface area contributed by atoms with Gasteiger partial charge in [-0.1, -0.05) is 74.0 Å². The molecular weight excluding hydrogens is 258 g/mol. The zero-order chi connectivity index (χ0) is 14.9. The number of hydrogen-bond acceptors (Lipinski definition) is 2. The van der Waals surface area contributed by atoms with Gasteiger partial charge in [-0.2, -0.15) is 0 Å². The zero-order valence-corrected chi connectivity index (χ0v) is 12.8. The van der Waals surface area contributed by atoms with Gasteiger partial charge >= 0.3 is 0 Å². The molecule has 2 heteroatoms. The third-order valence-electron chi connectivity index (χ3n) is 3.27. The molecule has 2 rings (SSSR count). The van der Waals surface area contributed by atoms with Gasteiger partial charge in [0.1, 0.15) is 6.10 Å². The average molecular weight is 281 g/mol. The van der Waals surface area contributed by atoms with Crippen LogP contribution in [-0.4, -0.2) is 0 Å². The molecular formula is C19H23NO. The van der Waals surface area contributed by atoms with Crippen molar-refractivity contribution in [1.82, 2.24) is 5.48 Å². The Balaban J connectivity index is 1.97. The van der Waals surface area contributed by atoms with Crippen LogP contribution in [0.5, 0.6) is 0 Å². The molecule has 0 amide bonds. The minimum Gasteiger partial charge on any atom is -0.271 e. The minimum atomic E-state index is 0.0790. The molecule has 0 aromatic heterocycles. The van der Waals surface area contributed by atoms with Crippen LogP contribution in [-0.2, 0) is 4.84 Å². The fourth-order valence-electron chi connectivity index (χ4n) is 2.22. The molecule has 0 heterocycles. The maximum absolute atomic E-state index is 5.88. The second kappa shape index (κ2) is 8.28. The van der Waals surface area contributed by atoms with E-state index in [1.165, 1.54) is 5.56 Å². The van der Waals surface area contributed by atoms with Crippen LogP contribution in [0.25, 0.3) is 6.08 Å². The van der Waals surface area contributed by atoms with Crippen LogP contribution in [0.15, 0.2) is 66.4 Å². The van der Waals surface area contributed by atoms with Gasteiger partial charge in [0.25, 0.3) is 0 Å². The molecule has 1 atom stereocenters. The summed E-state index contributed by atoms with van der Waals surface area (Å²) in [5.74, 6) is 0. The lowest BCUT2D eigenvalue weighted by atomic mass is 10.1. The Morgan fingerprint density at radius 2 is 1.67 bits per heavy atom. The third kappa shape index (κ3) is 5.09. The lowest BCUT2D eigenvalue weighted by Crippen LogP contribution is -2.17. The Labute approximate surface area is 127 Å². The van der Waals surface area contributed by atoms with Gasteiger partial charge in [-0.3, -0.25) is 10.3 Å². The predicted molar refractivity (Wildman–Crippen MR) is 88.4 cm³/mol. The van der Waals surface area contributed by atoms with Crippen molar-refractivity contribution < 1.29 is 4.84 Å². The molecule has 0 saturated heterocycles. The number of rotatable bonds is 7. The van der Waals surface area contributed by atoms with Crippen molar-refractivity contribution in [3.05, 3.63) is 77.5 Å². The maximum Gasteiger partial charge on any atom is 0.110 e. The predicted octanol–water partition coefficient (Wildman–Crippen LogP) is 5.11. The summed E-state index contributed by atoms with van der Waals surface area (Å²) in [6, 6.07) is 20.6. The van der Waals surface area contributed by atoms with E-state index in [4.69, 9.17) is 4.84 Å². The summed E-state index contributed by atoms with van der Waals surface area (Å²) >= 11 is 0. The molecule has 2 aromatic carbocycles. The van der Waals surface area contributed by atoms with E-state index in [-0.39, 0.29) is 6.10 Å². The van der Waals surface area contributed by atoms with Crippen molar-refractivity contribution in [1.29, 1.82) is 0 Å². The summed E-state index contributed by atoms with van der Waals surface area (Å²) in [7, 11) is 0. The topological polar surface area (TPSA) is 21.3 Å². The molecule has 2 aromatic rings. The molecule has 0 aliphatic carbocycles. The van der Waals surface area contributed by atoms with E-state index in [1.54, 1.807) is 0 Å². The average Bonchev–Trinajstić information content (AvgIpc) is 2.53. The number of hydroxylamine groups is 1. The van der Waals surface area contributed by atoms with Crippen LogP contribution in [0.3, 0.4) is 0 Å². The molecule has 21 heavy (non-hydrogen) atoms. The van der Waals surface area contributed by atoms with Crippen LogP contribution >= 0.6 is 0 Å². The first kappa shape index (κ1) is 15.3. The molecule has 0 aliphatic rings. The van der Waals surface area contributed by atoms with Crippen molar-refractivity contribution in [2.24, 2.45) is 0 Å². The first-order chi connectivity index (χ1) is 10.3. The minimum absolute atomic E-state index is 0.0790. The van der Waals surface area contributed by atoms with Crippen LogP contribution in [0.2, 0.25) is 0 Å². The summed E-state index contributed by atoms with van der Waals surface area (Å²) < 4.78 is 0. The largest absolute Gasteiger partial charge is 0.271 e. The summed E-state index contributed by atoms with van der Waals surface area (Å²) in [6.07, 6.45) is 4.24. The van der Waals surface area contributed by atoms with Crippen molar-refractivity contribution in [2.45, 2.75) is 32.8 Å². The molecule has 0 aliphatic heterocycles. The van der Waals surface area contributed by atoms with E-state index in [1.807, 2.05) is 43.3 Å². The lowest BCUT2D eigenvalue weighted by Gasteiger charge is -2.18. The molecule has 2 nitrogen and oxygen atoms in total. The lowest BCUT2D eigenvalue weighted by molar-refractivity contribution is -0.0137. The van der Waals surface area contributed by atoms with Crippen LogP contribution < -0.4 is 5.48 Å². The number of nitrogens with one attached hydrogen (secondary N) is 1. The van der Waals surface area contributed by atoms with Gasteiger partial charge in [0.15, 0.2) is 0 Å². The summed E-state index contributed by atoms with van der Waals surface area (Å²) in [6.45, 7) is 4.19. The Kier molecular flexibility index (Phi) is 6.04. The fourth-order valence-corrected chi connectivity index (χ4v) is 2.22. The van der Waals surface area contributed by atoms with E-state index in [2.05, 4.69) is 42.7 Å². The van der Waals surface area contributed by atoms with Gasteiger partial charge < -0.3 is 0 Å². The highest BCUT2D eigenvalue weighted by Gasteiger charge is 2.10. The van der Waals surface area contributed by atoms with E-state index in [0.717, 1.165) is 24.1 Å². The van der Waals surface area contributed by atoms with Crippen LogP contribution in [0.4, 0.5) is 0 Å². The molecule has 0 spiro atoms. The fraction of sp³-hybridized carbons (Fsp3) is 0.263. The summed E-state index contributed by atoms with van der Waals surface area (Å²) in [4.78, 5) is 5.88. The van der Waals surface area contributed by atoms with Crippen molar-refractivity contribution in [2.75, 3.05) is 0 Å². The van der Waals surface area contributed by atoms with Gasteiger partial charge in [0.2, 0.25) is 0 Å². The molecule has 110 valence electrons. The van der Waals surface area contributed by atoms with E-state index in [0.29, 0.717) is 0 Å². The molecule has 1 N–H and O–H groups in total. The SMILES string of the molecule is CCCC(ON/C(C)=C/c1ccccc1)c1ccccc1. The van der Waals surface area contributed by atoms with Gasteiger partial charge in [0, 0.05) is 5.70 Å². The molecule has 0 radical (unpaired) electrons. The first-order valence-electron chi connectivity index (χ1n) is 7.49. The van der Waals surface area contributed by atoms with Gasteiger partial charge in [-0.05, 0) is 30.5 Å². The monoisotopic (exact) mass is 281 g/mol. The summed E-state index contributed by atoms with van der Waals surface area (Å²) in [5, 5.41) is 0. The van der Waals surface area contributed by atoms with Crippen LogP contribution in [0, 0.1) is 0 Å².